The van der Waals surface area contributed by atoms with E-state index >= 15 is 0 Å². The van der Waals surface area contributed by atoms with E-state index in [2.05, 4.69) is 5.32 Å². The topological polar surface area (TPSA) is 92.4 Å². The van der Waals surface area contributed by atoms with Gasteiger partial charge in [0.05, 0.1) is 5.56 Å². The molecule has 0 aromatic heterocycles. The van der Waals surface area contributed by atoms with Crippen LogP contribution in [0.4, 0.5) is 8.78 Å². The van der Waals surface area contributed by atoms with Crippen LogP contribution >= 0.6 is 0 Å². The van der Waals surface area contributed by atoms with Crippen molar-refractivity contribution >= 4 is 11.8 Å². The summed E-state index contributed by atoms with van der Waals surface area (Å²) in [7, 11) is 0. The number of hydrogen-bond acceptors (Lipinski definition) is 3. The van der Waals surface area contributed by atoms with Gasteiger partial charge in [-0.2, -0.15) is 0 Å². The quantitative estimate of drug-likeness (QED) is 0.743. The van der Waals surface area contributed by atoms with E-state index < -0.39 is 34.6 Å². The van der Waals surface area contributed by atoms with Gasteiger partial charge < -0.3 is 16.2 Å². The van der Waals surface area contributed by atoms with Gasteiger partial charge in [-0.25, -0.2) is 8.78 Å². The summed E-state index contributed by atoms with van der Waals surface area (Å²) < 4.78 is 27.0. The number of hydrogen-bond donors (Lipinski definition) is 3. The van der Waals surface area contributed by atoms with Gasteiger partial charge >= 0.3 is 0 Å². The zero-order valence-electron chi connectivity index (χ0n) is 10.5. The second kappa shape index (κ2) is 5.31. The molecule has 7 heteroatoms. The maximum atomic E-state index is 13.6. The van der Waals surface area contributed by atoms with Crippen LogP contribution in [0.1, 0.15) is 29.8 Å². The molecule has 0 aliphatic carbocycles. The lowest BCUT2D eigenvalue weighted by Gasteiger charge is -2.17. The third-order valence-electron chi connectivity index (χ3n) is 2.42. The lowest BCUT2D eigenvalue weighted by molar-refractivity contribution is -0.136. The summed E-state index contributed by atoms with van der Waals surface area (Å²) in [6, 6.07) is 2.18. The van der Waals surface area contributed by atoms with Gasteiger partial charge in [0, 0.05) is 12.1 Å². The number of amides is 2. The molecule has 0 spiro atoms. The maximum absolute atomic E-state index is 13.6. The van der Waals surface area contributed by atoms with Crippen molar-refractivity contribution in [2.45, 2.75) is 26.0 Å². The molecular formula is C12H14F2N2O3. The van der Waals surface area contributed by atoms with Crippen molar-refractivity contribution in [1.82, 2.24) is 5.32 Å². The average Bonchev–Trinajstić information content (AvgIpc) is 2.28. The molecule has 5 nitrogen and oxygen atoms in total. The van der Waals surface area contributed by atoms with Crippen LogP contribution in [0.3, 0.4) is 0 Å². The smallest absolute Gasteiger partial charge is 0.251 e. The van der Waals surface area contributed by atoms with Gasteiger partial charge in [0.2, 0.25) is 0 Å². The normalized spacial score (nSPS) is 11.2. The van der Waals surface area contributed by atoms with Crippen LogP contribution in [-0.4, -0.2) is 22.5 Å². The number of carbonyl (C=O) groups is 2. The second-order valence-electron chi connectivity index (χ2n) is 4.51. The number of primary amides is 1. The van der Waals surface area contributed by atoms with E-state index in [0.717, 1.165) is 12.1 Å². The van der Waals surface area contributed by atoms with Crippen LogP contribution in [0.25, 0.3) is 0 Å². The number of halogens is 2. The van der Waals surface area contributed by atoms with E-state index in [1.807, 2.05) is 0 Å². The van der Waals surface area contributed by atoms with E-state index in [0.29, 0.717) is 0 Å². The summed E-state index contributed by atoms with van der Waals surface area (Å²) in [5.74, 6) is -4.43. The van der Waals surface area contributed by atoms with E-state index in [-0.39, 0.29) is 12.1 Å². The summed E-state index contributed by atoms with van der Waals surface area (Å²) in [6.45, 7) is 2.20. The molecule has 0 aliphatic heterocycles. The lowest BCUT2D eigenvalue weighted by Crippen LogP contribution is -2.41. The van der Waals surface area contributed by atoms with Gasteiger partial charge in [-0.3, -0.25) is 9.59 Å². The zero-order valence-corrected chi connectivity index (χ0v) is 10.5. The number of nitrogens with two attached hydrogens (primary N) is 1. The number of rotatable bonds is 4. The first-order valence-corrected chi connectivity index (χ1v) is 5.42. The Bertz CT molecular complexity index is 524. The molecule has 0 heterocycles. The van der Waals surface area contributed by atoms with E-state index in [1.165, 1.54) is 13.8 Å². The Labute approximate surface area is 108 Å². The molecule has 0 saturated carbocycles. The molecule has 0 unspecified atom stereocenters. The van der Waals surface area contributed by atoms with Crippen molar-refractivity contribution in [2.24, 2.45) is 5.73 Å². The number of aliphatic hydroxyl groups is 1. The summed E-state index contributed by atoms with van der Waals surface area (Å²) in [5, 5.41) is 11.6. The van der Waals surface area contributed by atoms with Crippen LogP contribution in [0.15, 0.2) is 12.1 Å². The highest BCUT2D eigenvalue weighted by Crippen LogP contribution is 2.16. The molecule has 104 valence electrons. The number of carbonyl (C=O) groups excluding carboxylic acids is 2. The van der Waals surface area contributed by atoms with Crippen LogP contribution < -0.4 is 11.1 Å². The Morgan fingerprint density at radius 3 is 2.37 bits per heavy atom. The third kappa shape index (κ3) is 3.47. The largest absolute Gasteiger partial charge is 0.381 e. The zero-order chi connectivity index (χ0) is 14.8. The second-order valence-corrected chi connectivity index (χ2v) is 4.51. The van der Waals surface area contributed by atoms with E-state index in [1.54, 1.807) is 0 Å². The summed E-state index contributed by atoms with van der Waals surface area (Å²) >= 11 is 0. The van der Waals surface area contributed by atoms with Crippen molar-refractivity contribution in [3.63, 3.8) is 0 Å². The highest BCUT2D eigenvalue weighted by molar-refractivity contribution is 5.93. The van der Waals surface area contributed by atoms with Gasteiger partial charge in [-0.15, -0.1) is 0 Å². The van der Waals surface area contributed by atoms with Crippen molar-refractivity contribution < 1.29 is 23.5 Å². The molecule has 0 radical (unpaired) electrons. The van der Waals surface area contributed by atoms with Gasteiger partial charge in [0.25, 0.3) is 11.8 Å². The summed E-state index contributed by atoms with van der Waals surface area (Å²) in [5.41, 5.74) is 2.53. The minimum Gasteiger partial charge on any atom is -0.381 e. The molecule has 1 aromatic carbocycles. The minimum atomic E-state index is -1.62. The van der Waals surface area contributed by atoms with Crippen LogP contribution in [-0.2, 0) is 11.3 Å². The maximum Gasteiger partial charge on any atom is 0.251 e. The van der Waals surface area contributed by atoms with Gasteiger partial charge in [0.15, 0.2) is 11.6 Å². The summed E-state index contributed by atoms with van der Waals surface area (Å²) in [6.07, 6.45) is 0. The van der Waals surface area contributed by atoms with Crippen LogP contribution in [0, 0.1) is 11.6 Å². The Hall–Kier alpha value is -2.02. The molecule has 19 heavy (non-hydrogen) atoms. The Kier molecular flexibility index (Phi) is 4.21. The fourth-order valence-corrected chi connectivity index (χ4v) is 1.31. The molecule has 0 fully saturated rings. The van der Waals surface area contributed by atoms with Gasteiger partial charge in [0.1, 0.15) is 5.60 Å². The summed E-state index contributed by atoms with van der Waals surface area (Å²) in [4.78, 5) is 22.2. The average molecular weight is 272 g/mol. The highest BCUT2D eigenvalue weighted by atomic mass is 19.2. The fourth-order valence-electron chi connectivity index (χ4n) is 1.31. The van der Waals surface area contributed by atoms with Crippen LogP contribution in [0.2, 0.25) is 0 Å². The van der Waals surface area contributed by atoms with Gasteiger partial charge in [-0.05, 0) is 19.9 Å². The third-order valence-corrected chi connectivity index (χ3v) is 2.42. The SMILES string of the molecule is CC(C)(O)C(=O)NCc1ccc(C(N)=O)c(F)c1F. The van der Waals surface area contributed by atoms with Crippen LogP contribution in [0.5, 0.6) is 0 Å². The molecule has 2 amide bonds. The van der Waals surface area contributed by atoms with Crippen molar-refractivity contribution in [3.8, 4) is 0 Å². The standard InChI is InChI=1S/C12H14F2N2O3/c1-12(2,19)11(18)16-5-6-3-4-7(10(15)17)9(14)8(6)13/h3-4,19H,5H2,1-2H3,(H2,15,17)(H,16,18). The molecule has 0 atom stereocenters. The number of nitrogens with one attached hydrogen (secondary N) is 1. The Morgan fingerprint density at radius 1 is 1.32 bits per heavy atom. The highest BCUT2D eigenvalue weighted by Gasteiger charge is 2.24. The fraction of sp³-hybridized carbons (Fsp3) is 0.333. The first-order chi connectivity index (χ1) is 8.64. The van der Waals surface area contributed by atoms with E-state index in [9.17, 15) is 23.5 Å². The molecule has 1 rings (SSSR count). The lowest BCUT2D eigenvalue weighted by atomic mass is 10.1. The molecule has 0 bridgehead atoms. The predicted octanol–water partition coefficient (Wildman–Crippen LogP) is 0.451. The first-order valence-electron chi connectivity index (χ1n) is 5.42. The molecule has 4 N–H and O–H groups in total. The molecule has 0 saturated heterocycles. The molecular weight excluding hydrogens is 258 g/mol. The predicted molar refractivity (Wildman–Crippen MR) is 63.0 cm³/mol. The van der Waals surface area contributed by atoms with Crippen molar-refractivity contribution in [3.05, 3.63) is 34.9 Å². The van der Waals surface area contributed by atoms with Gasteiger partial charge in [-0.1, -0.05) is 6.07 Å². The van der Waals surface area contributed by atoms with Crippen molar-refractivity contribution in [1.29, 1.82) is 0 Å². The Balaban J connectivity index is 2.90. The first kappa shape index (κ1) is 15.0. The molecule has 0 aliphatic rings. The monoisotopic (exact) mass is 272 g/mol. The minimum absolute atomic E-state index is 0.153. The number of benzene rings is 1. The Morgan fingerprint density at radius 2 is 1.89 bits per heavy atom. The van der Waals surface area contributed by atoms with E-state index in [4.69, 9.17) is 5.73 Å². The van der Waals surface area contributed by atoms with Crippen molar-refractivity contribution in [2.75, 3.05) is 0 Å². The molecule has 1 aromatic rings.